The van der Waals surface area contributed by atoms with Gasteiger partial charge in [0.15, 0.2) is 0 Å². The van der Waals surface area contributed by atoms with Crippen LogP contribution in [0.3, 0.4) is 0 Å². The summed E-state index contributed by atoms with van der Waals surface area (Å²) in [5.41, 5.74) is 6.44. The lowest BCUT2D eigenvalue weighted by Crippen LogP contribution is -2.35. The molecule has 0 atom stereocenters. The largest absolute Gasteiger partial charge is 0.490 e. The zero-order chi connectivity index (χ0) is 18.3. The molecular weight excluding hydrogens is 337 g/mol. The van der Waals surface area contributed by atoms with Crippen LogP contribution in [0, 0.1) is 6.92 Å². The predicted molar refractivity (Wildman–Crippen MR) is 78.4 cm³/mol. The van der Waals surface area contributed by atoms with Crippen molar-refractivity contribution in [2.45, 2.75) is 24.9 Å². The fourth-order valence-corrected chi connectivity index (χ4v) is 2.92. The summed E-state index contributed by atoms with van der Waals surface area (Å²) in [5.74, 6) is -2.76. The van der Waals surface area contributed by atoms with E-state index in [1.165, 1.54) is 4.31 Å². The van der Waals surface area contributed by atoms with E-state index in [1.54, 1.807) is 31.2 Å². The fourth-order valence-electron chi connectivity index (χ4n) is 1.45. The van der Waals surface area contributed by atoms with Crippen LogP contribution in [0.5, 0.6) is 0 Å². The monoisotopic (exact) mass is 356 g/mol. The van der Waals surface area contributed by atoms with Crippen molar-refractivity contribution in [1.29, 1.82) is 0 Å². The highest BCUT2D eigenvalue weighted by atomic mass is 32.2. The third-order valence-corrected chi connectivity index (χ3v) is 4.62. The van der Waals surface area contributed by atoms with Gasteiger partial charge in [-0.05, 0) is 19.1 Å². The third kappa shape index (κ3) is 6.97. The van der Waals surface area contributed by atoms with Crippen LogP contribution in [0.1, 0.15) is 12.5 Å². The third-order valence-electron chi connectivity index (χ3n) is 2.63. The second-order valence-corrected chi connectivity index (χ2v) is 6.34. The molecule has 0 saturated carbocycles. The Bertz CT molecular complexity index is 601. The van der Waals surface area contributed by atoms with Gasteiger partial charge in [0.1, 0.15) is 0 Å². The minimum absolute atomic E-state index is 0.327. The Morgan fingerprint density at radius 1 is 1.26 bits per heavy atom. The van der Waals surface area contributed by atoms with Crippen molar-refractivity contribution in [3.8, 4) is 0 Å². The summed E-state index contributed by atoms with van der Waals surface area (Å²) in [5, 5.41) is 7.12. The number of carbonyl (C=O) groups is 1. The number of aryl methyl sites for hydroxylation is 1. The second-order valence-electron chi connectivity index (χ2n) is 4.40. The van der Waals surface area contributed by atoms with Gasteiger partial charge in [-0.1, -0.05) is 24.6 Å². The number of alkyl halides is 3. The van der Waals surface area contributed by atoms with Gasteiger partial charge < -0.3 is 10.8 Å². The summed E-state index contributed by atoms with van der Waals surface area (Å²) in [6, 6.07) is 6.85. The summed E-state index contributed by atoms with van der Waals surface area (Å²) in [6.45, 7) is 4.86. The number of carboxylic acid groups (broad SMARTS) is 1. The average Bonchev–Trinajstić information content (AvgIpc) is 2.44. The lowest BCUT2D eigenvalue weighted by Gasteiger charge is -2.19. The van der Waals surface area contributed by atoms with Crippen molar-refractivity contribution in [1.82, 2.24) is 4.31 Å². The van der Waals surface area contributed by atoms with Crippen molar-refractivity contribution < 1.29 is 31.5 Å². The second kappa shape index (κ2) is 8.85. The molecule has 6 nitrogen and oxygen atoms in total. The summed E-state index contributed by atoms with van der Waals surface area (Å²) < 4.78 is 57.4. The Kier molecular flexibility index (Phi) is 8.21. The Morgan fingerprint density at radius 2 is 1.70 bits per heavy atom. The van der Waals surface area contributed by atoms with E-state index in [0.717, 1.165) is 5.56 Å². The minimum Gasteiger partial charge on any atom is -0.475 e. The molecule has 0 amide bonds. The van der Waals surface area contributed by atoms with Crippen LogP contribution >= 0.6 is 0 Å². The molecule has 0 unspecified atom stereocenters. The van der Waals surface area contributed by atoms with E-state index in [0.29, 0.717) is 24.5 Å². The number of sulfonamides is 1. The van der Waals surface area contributed by atoms with Crippen LogP contribution in [-0.4, -0.2) is 49.6 Å². The molecule has 23 heavy (non-hydrogen) atoms. The maximum Gasteiger partial charge on any atom is 0.490 e. The molecule has 0 bridgehead atoms. The molecule has 1 aromatic rings. The molecule has 0 fully saturated rings. The van der Waals surface area contributed by atoms with Crippen LogP contribution in [0.4, 0.5) is 13.2 Å². The molecule has 0 aliphatic heterocycles. The van der Waals surface area contributed by atoms with Crippen molar-refractivity contribution in [3.63, 3.8) is 0 Å². The zero-order valence-corrected chi connectivity index (χ0v) is 13.5. The van der Waals surface area contributed by atoms with Crippen LogP contribution < -0.4 is 5.73 Å². The Hall–Kier alpha value is -1.65. The van der Waals surface area contributed by atoms with Crippen molar-refractivity contribution in [2.24, 2.45) is 5.73 Å². The number of rotatable bonds is 5. The zero-order valence-electron chi connectivity index (χ0n) is 12.7. The van der Waals surface area contributed by atoms with Crippen LogP contribution in [0.25, 0.3) is 0 Å². The number of benzene rings is 1. The summed E-state index contributed by atoms with van der Waals surface area (Å²) in [7, 11) is -3.38. The number of nitrogens with zero attached hydrogens (tertiary/aromatic N) is 1. The Morgan fingerprint density at radius 3 is 2.00 bits per heavy atom. The lowest BCUT2D eigenvalue weighted by molar-refractivity contribution is -0.192. The maximum absolute atomic E-state index is 12.1. The minimum atomic E-state index is -5.08. The van der Waals surface area contributed by atoms with E-state index in [-0.39, 0.29) is 0 Å². The number of nitrogens with two attached hydrogens (primary N) is 1. The predicted octanol–water partition coefficient (Wildman–Crippen LogP) is 1.60. The first-order valence-electron chi connectivity index (χ1n) is 6.53. The van der Waals surface area contributed by atoms with Gasteiger partial charge in [0.25, 0.3) is 0 Å². The Balaban J connectivity index is 0.000000585. The molecule has 10 heteroatoms. The van der Waals surface area contributed by atoms with Crippen LogP contribution in [0.2, 0.25) is 0 Å². The molecule has 1 aromatic carbocycles. The van der Waals surface area contributed by atoms with E-state index in [4.69, 9.17) is 15.6 Å². The van der Waals surface area contributed by atoms with Gasteiger partial charge in [-0.2, -0.15) is 17.5 Å². The number of halogens is 3. The SMILES string of the molecule is CCN(CCN)S(=O)(=O)c1ccc(C)cc1.O=C(O)C(F)(F)F. The van der Waals surface area contributed by atoms with Gasteiger partial charge in [0.2, 0.25) is 10.0 Å². The highest BCUT2D eigenvalue weighted by molar-refractivity contribution is 7.89. The van der Waals surface area contributed by atoms with E-state index >= 15 is 0 Å². The van der Waals surface area contributed by atoms with Crippen molar-refractivity contribution >= 4 is 16.0 Å². The quantitative estimate of drug-likeness (QED) is 0.834. The Labute approximate surface area is 132 Å². The number of aliphatic carboxylic acids is 1. The number of hydrogen-bond acceptors (Lipinski definition) is 4. The van der Waals surface area contributed by atoms with Crippen molar-refractivity contribution in [3.05, 3.63) is 29.8 Å². The summed E-state index contributed by atoms with van der Waals surface area (Å²) >= 11 is 0. The summed E-state index contributed by atoms with van der Waals surface area (Å²) in [6.07, 6.45) is -5.08. The van der Waals surface area contributed by atoms with Gasteiger partial charge in [0, 0.05) is 19.6 Å². The molecule has 132 valence electrons. The van der Waals surface area contributed by atoms with E-state index in [1.807, 2.05) is 6.92 Å². The fraction of sp³-hybridized carbons (Fsp3) is 0.462. The van der Waals surface area contributed by atoms with Gasteiger partial charge in [-0.3, -0.25) is 0 Å². The van der Waals surface area contributed by atoms with Gasteiger partial charge in [0.05, 0.1) is 4.90 Å². The number of carboxylic acids is 1. The lowest BCUT2D eigenvalue weighted by atomic mass is 10.2. The smallest absolute Gasteiger partial charge is 0.475 e. The standard InChI is InChI=1S/C11H18N2O2S.C2HF3O2/c1-3-13(9-8-12)16(14,15)11-6-4-10(2)5-7-11;3-2(4,5)1(6)7/h4-7H,3,8-9,12H2,1-2H3;(H,6,7). The maximum atomic E-state index is 12.1. The number of likely N-dealkylation sites (N-methyl/N-ethyl adjacent to an activating group) is 1. The van der Waals surface area contributed by atoms with Gasteiger partial charge in [-0.25, -0.2) is 13.2 Å². The topological polar surface area (TPSA) is 101 Å². The first kappa shape index (κ1) is 21.4. The van der Waals surface area contributed by atoms with Crippen LogP contribution in [0.15, 0.2) is 29.2 Å². The molecule has 0 spiro atoms. The first-order valence-corrected chi connectivity index (χ1v) is 7.97. The molecule has 0 aromatic heterocycles. The average molecular weight is 356 g/mol. The highest BCUT2D eigenvalue weighted by Gasteiger charge is 2.38. The van der Waals surface area contributed by atoms with E-state index in [2.05, 4.69) is 0 Å². The van der Waals surface area contributed by atoms with E-state index < -0.39 is 22.2 Å². The first-order chi connectivity index (χ1) is 10.5. The molecule has 0 aliphatic rings. The highest BCUT2D eigenvalue weighted by Crippen LogP contribution is 2.15. The van der Waals surface area contributed by atoms with Crippen molar-refractivity contribution in [2.75, 3.05) is 19.6 Å². The normalized spacial score (nSPS) is 11.8. The van der Waals surface area contributed by atoms with E-state index in [9.17, 15) is 21.6 Å². The molecule has 1 rings (SSSR count). The molecule has 0 aliphatic carbocycles. The number of hydrogen-bond donors (Lipinski definition) is 2. The molecule has 0 radical (unpaired) electrons. The molecule has 0 heterocycles. The molecule has 0 saturated heterocycles. The summed E-state index contributed by atoms with van der Waals surface area (Å²) in [4.78, 5) is 9.22. The van der Waals surface area contributed by atoms with Gasteiger partial charge in [-0.15, -0.1) is 0 Å². The molecular formula is C13H19F3N2O4S. The molecule has 3 N–H and O–H groups in total. The van der Waals surface area contributed by atoms with Crippen LogP contribution in [-0.2, 0) is 14.8 Å². The van der Waals surface area contributed by atoms with Gasteiger partial charge >= 0.3 is 12.1 Å².